The van der Waals surface area contributed by atoms with Crippen molar-refractivity contribution in [2.45, 2.75) is 15.8 Å². The van der Waals surface area contributed by atoms with Crippen molar-refractivity contribution in [3.05, 3.63) is 138 Å². The Balaban J connectivity index is 1.81. The summed E-state index contributed by atoms with van der Waals surface area (Å²) in [4.78, 5) is 13.8. The molecule has 1 amide bonds. The summed E-state index contributed by atoms with van der Waals surface area (Å²) >= 11 is 0. The van der Waals surface area contributed by atoms with Crippen LogP contribution in [0.5, 0.6) is 0 Å². The monoisotopic (exact) mass is 560 g/mol. The maximum atomic E-state index is 14.2. The van der Waals surface area contributed by atoms with Crippen LogP contribution in [0.3, 0.4) is 0 Å². The average Bonchev–Trinajstić information content (AvgIpc) is 3.35. The lowest BCUT2D eigenvalue weighted by molar-refractivity contribution is 0.162. The van der Waals surface area contributed by atoms with Gasteiger partial charge < -0.3 is 4.74 Å². The second-order valence-corrected chi connectivity index (χ2v) is 12.4. The Morgan fingerprint density at radius 1 is 0.692 bits per heavy atom. The number of cyclic esters (lactones) is 1. The number of hydrogen-bond donors (Lipinski definition) is 0. The van der Waals surface area contributed by atoms with Crippen molar-refractivity contribution in [1.29, 1.82) is 0 Å². The molecule has 10 heteroatoms. The molecule has 1 saturated heterocycles. The van der Waals surface area contributed by atoms with Gasteiger partial charge in [0.15, 0.2) is 0 Å². The first-order valence-corrected chi connectivity index (χ1v) is 14.9. The molecule has 0 aliphatic carbocycles. The molecular formula is C29H24N2O6S2. The molecule has 4 aromatic rings. The predicted molar refractivity (Wildman–Crippen MR) is 146 cm³/mol. The van der Waals surface area contributed by atoms with Crippen LogP contribution < -0.4 is 0 Å². The van der Waals surface area contributed by atoms with Crippen molar-refractivity contribution in [3.63, 3.8) is 0 Å². The van der Waals surface area contributed by atoms with E-state index in [1.54, 1.807) is 72.8 Å². The highest BCUT2D eigenvalue weighted by atomic mass is 32.3. The van der Waals surface area contributed by atoms with E-state index >= 15 is 0 Å². The molecule has 5 rings (SSSR count). The van der Waals surface area contributed by atoms with E-state index in [0.717, 1.165) is 4.90 Å². The zero-order valence-corrected chi connectivity index (χ0v) is 22.2. The van der Waals surface area contributed by atoms with Gasteiger partial charge in [0, 0.05) is 0 Å². The van der Waals surface area contributed by atoms with Crippen molar-refractivity contribution < 1.29 is 26.4 Å². The summed E-state index contributed by atoms with van der Waals surface area (Å²) < 4.78 is 62.6. The quantitative estimate of drug-likeness (QED) is 0.292. The predicted octanol–water partition coefficient (Wildman–Crippen LogP) is 5.26. The van der Waals surface area contributed by atoms with E-state index in [-0.39, 0.29) is 22.2 Å². The molecule has 198 valence electrons. The zero-order chi connectivity index (χ0) is 27.5. The molecule has 8 nitrogen and oxygen atoms in total. The van der Waals surface area contributed by atoms with Gasteiger partial charge in [-0.05, 0) is 41.5 Å². The number of rotatable bonds is 8. The number of carbonyl (C=O) groups excluding carboxylic acids is 1. The van der Waals surface area contributed by atoms with Crippen LogP contribution in [-0.2, 0) is 24.8 Å². The smallest absolute Gasteiger partial charge is 0.416 e. The molecule has 0 spiro atoms. The summed E-state index contributed by atoms with van der Waals surface area (Å²) in [7, 11) is -9.53. The molecule has 1 atom stereocenters. The first-order chi connectivity index (χ1) is 18.8. The average molecular weight is 561 g/mol. The largest absolute Gasteiger partial charge is 0.447 e. The Morgan fingerprint density at radius 3 is 1.62 bits per heavy atom. The van der Waals surface area contributed by atoms with E-state index in [1.165, 1.54) is 54.6 Å². The van der Waals surface area contributed by atoms with Crippen LogP contribution in [0.2, 0.25) is 0 Å². The SMILES string of the molecule is O=C1OCC(c2ccccc2)N1/C(=C\c1ccccc1)N(S(=O)(=O)c1ccccc1)S(=O)(=O)c1ccccc1. The summed E-state index contributed by atoms with van der Waals surface area (Å²) in [6.07, 6.45) is 0.492. The third-order valence-electron chi connectivity index (χ3n) is 6.11. The van der Waals surface area contributed by atoms with Gasteiger partial charge in [-0.2, -0.15) is 16.8 Å². The van der Waals surface area contributed by atoms with Crippen LogP contribution >= 0.6 is 0 Å². The van der Waals surface area contributed by atoms with Crippen LogP contribution in [0.1, 0.15) is 17.2 Å². The van der Waals surface area contributed by atoms with Gasteiger partial charge in [0.25, 0.3) is 20.0 Å². The van der Waals surface area contributed by atoms with E-state index in [9.17, 15) is 21.6 Å². The summed E-state index contributed by atoms with van der Waals surface area (Å²) in [5, 5.41) is 0. The van der Waals surface area contributed by atoms with Gasteiger partial charge in [0.05, 0.1) is 9.79 Å². The van der Waals surface area contributed by atoms with Crippen LogP contribution in [0.25, 0.3) is 6.08 Å². The highest BCUT2D eigenvalue weighted by Gasteiger charge is 2.46. The molecular weight excluding hydrogens is 536 g/mol. The Hall–Kier alpha value is -4.41. The molecule has 39 heavy (non-hydrogen) atoms. The van der Waals surface area contributed by atoms with Gasteiger partial charge >= 0.3 is 6.09 Å². The molecule has 1 unspecified atom stereocenters. The highest BCUT2D eigenvalue weighted by molar-refractivity contribution is 8.04. The van der Waals surface area contributed by atoms with Gasteiger partial charge in [-0.25, -0.2) is 4.79 Å². The molecule has 0 aromatic heterocycles. The fraction of sp³-hybridized carbons (Fsp3) is 0.0690. The van der Waals surface area contributed by atoms with Gasteiger partial charge in [0.1, 0.15) is 18.5 Å². The minimum absolute atomic E-state index is 0.0976. The number of carbonyl (C=O) groups is 1. The third-order valence-corrected chi connectivity index (χ3v) is 10.3. The van der Waals surface area contributed by atoms with Gasteiger partial charge in [-0.1, -0.05) is 97.1 Å². The number of hydrogen-bond acceptors (Lipinski definition) is 6. The van der Waals surface area contributed by atoms with Gasteiger partial charge in [-0.15, -0.1) is 3.71 Å². The lowest BCUT2D eigenvalue weighted by atomic mass is 10.1. The number of ether oxygens (including phenoxy) is 1. The Kier molecular flexibility index (Phi) is 7.23. The van der Waals surface area contributed by atoms with Crippen LogP contribution in [0, 0.1) is 0 Å². The van der Waals surface area contributed by atoms with Crippen molar-refractivity contribution in [2.75, 3.05) is 6.61 Å². The third kappa shape index (κ3) is 5.16. The molecule has 1 aliphatic rings. The second-order valence-electron chi connectivity index (χ2n) is 8.62. The maximum Gasteiger partial charge on any atom is 0.416 e. The second kappa shape index (κ2) is 10.8. The fourth-order valence-electron chi connectivity index (χ4n) is 4.26. The van der Waals surface area contributed by atoms with Crippen LogP contribution in [-0.4, -0.2) is 38.1 Å². The fourth-order valence-corrected chi connectivity index (χ4v) is 7.96. The first-order valence-electron chi connectivity index (χ1n) is 12.0. The summed E-state index contributed by atoms with van der Waals surface area (Å²) in [5.41, 5.74) is 1.13. The van der Waals surface area contributed by atoms with E-state index < -0.39 is 32.2 Å². The lowest BCUT2D eigenvalue weighted by Gasteiger charge is -2.32. The van der Waals surface area contributed by atoms with Crippen LogP contribution in [0.4, 0.5) is 4.79 Å². The highest BCUT2D eigenvalue weighted by Crippen LogP contribution is 2.38. The minimum Gasteiger partial charge on any atom is -0.447 e. The number of amides is 1. The van der Waals surface area contributed by atoms with Gasteiger partial charge in [-0.3, -0.25) is 4.90 Å². The first kappa shape index (κ1) is 26.2. The van der Waals surface area contributed by atoms with E-state index in [1.807, 2.05) is 0 Å². The van der Waals surface area contributed by atoms with Gasteiger partial charge in [0.2, 0.25) is 0 Å². The van der Waals surface area contributed by atoms with Crippen molar-refractivity contribution in [1.82, 2.24) is 8.61 Å². The Bertz CT molecular complexity index is 1630. The maximum absolute atomic E-state index is 14.2. The molecule has 0 bridgehead atoms. The molecule has 1 heterocycles. The molecule has 0 N–H and O–H groups in total. The number of nitrogens with zero attached hydrogens (tertiary/aromatic N) is 2. The molecule has 0 saturated carbocycles. The van der Waals surface area contributed by atoms with E-state index in [2.05, 4.69) is 0 Å². The summed E-state index contributed by atoms with van der Waals surface area (Å²) in [6.45, 7) is -0.0976. The standard InChI is InChI=1S/C29H24N2O6S2/c32-29-30(27(22-37-29)24-15-7-2-8-16-24)28(21-23-13-5-1-6-14-23)31(38(33,34)25-17-9-3-10-18-25)39(35,36)26-19-11-4-12-20-26/h1-21,27H,22H2/b28-21+. The topological polar surface area (TPSA) is 101 Å². The molecule has 1 aliphatic heterocycles. The Labute approximate surface area is 227 Å². The normalized spacial score (nSPS) is 16.1. The van der Waals surface area contributed by atoms with Crippen molar-refractivity contribution in [2.24, 2.45) is 0 Å². The zero-order valence-electron chi connectivity index (χ0n) is 20.6. The summed E-state index contributed by atoms with van der Waals surface area (Å²) in [6, 6.07) is 31.1. The summed E-state index contributed by atoms with van der Waals surface area (Å²) in [5.74, 6) is -0.384. The molecule has 4 aromatic carbocycles. The van der Waals surface area contributed by atoms with E-state index in [4.69, 9.17) is 4.74 Å². The molecule has 0 radical (unpaired) electrons. The Morgan fingerprint density at radius 2 is 1.13 bits per heavy atom. The lowest BCUT2D eigenvalue weighted by Crippen LogP contribution is -2.44. The minimum atomic E-state index is -4.77. The van der Waals surface area contributed by atoms with Crippen LogP contribution in [0.15, 0.2) is 137 Å². The van der Waals surface area contributed by atoms with Crippen molar-refractivity contribution in [3.8, 4) is 0 Å². The molecule has 1 fully saturated rings. The number of sulfonamides is 2. The van der Waals surface area contributed by atoms with Crippen molar-refractivity contribution >= 4 is 32.2 Å². The van der Waals surface area contributed by atoms with E-state index in [0.29, 0.717) is 14.8 Å². The number of benzene rings is 4.